The van der Waals surface area contributed by atoms with E-state index in [9.17, 15) is 0 Å². The van der Waals surface area contributed by atoms with Crippen LogP contribution in [0.25, 0.3) is 11.0 Å². The van der Waals surface area contributed by atoms with Gasteiger partial charge < -0.3 is 14.0 Å². The van der Waals surface area contributed by atoms with E-state index < -0.39 is 5.79 Å². The average Bonchev–Trinajstić information content (AvgIpc) is 2.93. The maximum atomic E-state index is 6.20. The van der Waals surface area contributed by atoms with Gasteiger partial charge in [0.05, 0.1) is 33.3 Å². The minimum atomic E-state index is -0.491. The van der Waals surface area contributed by atoms with Crippen molar-refractivity contribution in [1.29, 1.82) is 0 Å². The van der Waals surface area contributed by atoms with Crippen LogP contribution in [0.4, 0.5) is 0 Å². The molecule has 0 spiro atoms. The summed E-state index contributed by atoms with van der Waals surface area (Å²) in [5, 5.41) is 1.07. The van der Waals surface area contributed by atoms with Gasteiger partial charge in [-0.1, -0.05) is 23.2 Å². The molecule has 3 unspecified atom stereocenters. The van der Waals surface area contributed by atoms with Gasteiger partial charge in [0.2, 0.25) is 0 Å². The fourth-order valence-electron chi connectivity index (χ4n) is 3.74. The van der Waals surface area contributed by atoms with Crippen LogP contribution in [0.1, 0.15) is 39.2 Å². The molecule has 0 amide bonds. The monoisotopic (exact) mass is 418 g/mol. The lowest BCUT2D eigenvalue weighted by Crippen LogP contribution is -2.32. The fraction of sp³-hybridized carbons (Fsp3) is 0.562. The molecule has 2 heterocycles. The van der Waals surface area contributed by atoms with Crippen molar-refractivity contribution in [2.45, 2.75) is 57.1 Å². The predicted molar refractivity (Wildman–Crippen MR) is 94.2 cm³/mol. The number of fused-ring (bicyclic) bond motifs is 2. The van der Waals surface area contributed by atoms with Crippen molar-refractivity contribution in [3.8, 4) is 0 Å². The number of rotatable bonds is 1. The minimum Gasteiger partial charge on any atom is -0.345 e. The van der Waals surface area contributed by atoms with Crippen molar-refractivity contribution in [2.75, 3.05) is 0 Å². The van der Waals surface area contributed by atoms with Crippen molar-refractivity contribution < 1.29 is 9.47 Å². The van der Waals surface area contributed by atoms with E-state index in [1.54, 1.807) is 0 Å². The van der Waals surface area contributed by atoms with Gasteiger partial charge >= 0.3 is 0 Å². The molecule has 4 nitrogen and oxygen atoms in total. The van der Waals surface area contributed by atoms with Crippen molar-refractivity contribution in [1.82, 2.24) is 9.55 Å². The second-order valence-corrected chi connectivity index (χ2v) is 8.21. The Morgan fingerprint density at radius 1 is 1.17 bits per heavy atom. The van der Waals surface area contributed by atoms with Crippen LogP contribution in [0.2, 0.25) is 10.0 Å². The zero-order valence-electron chi connectivity index (χ0n) is 12.9. The van der Waals surface area contributed by atoms with Gasteiger partial charge in [-0.05, 0) is 61.2 Å². The number of nitrogens with zero attached hydrogens (tertiary/aromatic N) is 2. The third kappa shape index (κ3) is 2.81. The van der Waals surface area contributed by atoms with E-state index in [1.807, 2.05) is 26.0 Å². The van der Waals surface area contributed by atoms with E-state index in [1.165, 1.54) is 0 Å². The SMILES string of the molecule is CC1(C)OC2CCC(n3c(Br)nc4cc(Cl)c(Cl)cc43)CC2O1. The van der Waals surface area contributed by atoms with Crippen LogP contribution in [0.5, 0.6) is 0 Å². The minimum absolute atomic E-state index is 0.121. The van der Waals surface area contributed by atoms with Crippen LogP contribution >= 0.6 is 39.1 Å². The summed E-state index contributed by atoms with van der Waals surface area (Å²) in [4.78, 5) is 4.57. The molecule has 1 aromatic heterocycles. The molecule has 124 valence electrons. The van der Waals surface area contributed by atoms with E-state index in [4.69, 9.17) is 32.7 Å². The predicted octanol–water partition coefficient (Wildman–Crippen LogP) is 5.35. The standard InChI is InChI=1S/C16H17BrCl2N2O2/c1-16(2)22-13-4-3-8(5-14(13)23-16)21-12-7-10(19)9(18)6-11(12)20-15(21)17/h6-8,13-14H,3-5H2,1-2H3. The fourth-order valence-corrected chi connectivity index (χ4v) is 4.73. The molecular weight excluding hydrogens is 403 g/mol. The Hall–Kier alpha value is -0.330. The van der Waals surface area contributed by atoms with E-state index in [0.717, 1.165) is 35.0 Å². The molecule has 1 saturated heterocycles. The summed E-state index contributed by atoms with van der Waals surface area (Å²) in [6.07, 6.45) is 3.21. The van der Waals surface area contributed by atoms with Gasteiger partial charge in [-0.3, -0.25) is 0 Å². The number of halogens is 3. The first-order valence-corrected chi connectivity index (χ1v) is 9.27. The highest BCUT2D eigenvalue weighted by Gasteiger charge is 2.45. The zero-order valence-corrected chi connectivity index (χ0v) is 16.0. The molecule has 1 aliphatic carbocycles. The van der Waals surface area contributed by atoms with Crippen LogP contribution < -0.4 is 0 Å². The van der Waals surface area contributed by atoms with Gasteiger partial charge in [-0.25, -0.2) is 4.98 Å². The zero-order chi connectivity index (χ0) is 16.4. The molecule has 2 aliphatic rings. The van der Waals surface area contributed by atoms with E-state index in [2.05, 4.69) is 25.5 Å². The third-order valence-electron chi connectivity index (χ3n) is 4.63. The van der Waals surface area contributed by atoms with Gasteiger partial charge in [0, 0.05) is 6.04 Å². The Bertz CT molecular complexity index is 777. The second-order valence-electron chi connectivity index (χ2n) is 6.69. The quantitative estimate of drug-likeness (QED) is 0.624. The summed E-state index contributed by atoms with van der Waals surface area (Å²) in [5.74, 6) is -0.491. The molecule has 1 aliphatic heterocycles. The van der Waals surface area contributed by atoms with E-state index >= 15 is 0 Å². The van der Waals surface area contributed by atoms with Crippen LogP contribution in [0.3, 0.4) is 0 Å². The van der Waals surface area contributed by atoms with Crippen LogP contribution in [0.15, 0.2) is 16.9 Å². The highest BCUT2D eigenvalue weighted by molar-refractivity contribution is 9.10. The summed E-state index contributed by atoms with van der Waals surface area (Å²) < 4.78 is 15.0. The van der Waals surface area contributed by atoms with Gasteiger partial charge in [-0.2, -0.15) is 0 Å². The Morgan fingerprint density at radius 2 is 1.87 bits per heavy atom. The number of aromatic nitrogens is 2. The number of benzene rings is 1. The molecular formula is C16H17BrCl2N2O2. The first-order valence-electron chi connectivity index (χ1n) is 7.72. The molecule has 2 fully saturated rings. The topological polar surface area (TPSA) is 36.3 Å². The normalized spacial score (nSPS) is 29.9. The lowest BCUT2D eigenvalue weighted by molar-refractivity contribution is -0.145. The van der Waals surface area contributed by atoms with Crippen LogP contribution in [-0.4, -0.2) is 27.5 Å². The first-order chi connectivity index (χ1) is 10.8. The smallest absolute Gasteiger partial charge is 0.178 e. The molecule has 7 heteroatoms. The number of ether oxygens (including phenoxy) is 2. The Kier molecular flexibility index (Phi) is 3.93. The number of hydrogen-bond acceptors (Lipinski definition) is 3. The Labute approximate surface area is 153 Å². The maximum absolute atomic E-state index is 6.20. The molecule has 3 atom stereocenters. The molecule has 23 heavy (non-hydrogen) atoms. The summed E-state index contributed by atoms with van der Waals surface area (Å²) in [7, 11) is 0. The van der Waals surface area contributed by atoms with Crippen molar-refractivity contribution in [3.63, 3.8) is 0 Å². The molecule has 0 N–H and O–H groups in total. The lowest BCUT2D eigenvalue weighted by Gasteiger charge is -2.31. The van der Waals surface area contributed by atoms with Gasteiger partial charge in [0.15, 0.2) is 10.5 Å². The van der Waals surface area contributed by atoms with Crippen molar-refractivity contribution >= 4 is 50.2 Å². The summed E-state index contributed by atoms with van der Waals surface area (Å²) in [6, 6.07) is 3.99. The molecule has 1 aromatic carbocycles. The second kappa shape index (κ2) is 5.60. The molecule has 4 rings (SSSR count). The van der Waals surface area contributed by atoms with Crippen LogP contribution in [-0.2, 0) is 9.47 Å². The molecule has 0 bridgehead atoms. The summed E-state index contributed by atoms with van der Waals surface area (Å²) in [5.41, 5.74) is 1.84. The highest BCUT2D eigenvalue weighted by Crippen LogP contribution is 2.43. The third-order valence-corrected chi connectivity index (χ3v) is 5.91. The summed E-state index contributed by atoms with van der Waals surface area (Å²) in [6.45, 7) is 3.95. The van der Waals surface area contributed by atoms with Gasteiger partial charge in [-0.15, -0.1) is 0 Å². The average molecular weight is 420 g/mol. The largest absolute Gasteiger partial charge is 0.345 e. The number of hydrogen-bond donors (Lipinski definition) is 0. The molecule has 2 aromatic rings. The van der Waals surface area contributed by atoms with E-state index in [0.29, 0.717) is 16.1 Å². The van der Waals surface area contributed by atoms with Crippen molar-refractivity contribution in [2.24, 2.45) is 0 Å². The first kappa shape index (κ1) is 16.2. The maximum Gasteiger partial charge on any atom is 0.178 e. The molecule has 1 saturated carbocycles. The molecule has 0 radical (unpaired) electrons. The Morgan fingerprint density at radius 3 is 2.65 bits per heavy atom. The van der Waals surface area contributed by atoms with Crippen LogP contribution in [0, 0.1) is 0 Å². The lowest BCUT2D eigenvalue weighted by atomic mass is 9.90. The van der Waals surface area contributed by atoms with Crippen molar-refractivity contribution in [3.05, 3.63) is 26.9 Å². The van der Waals surface area contributed by atoms with Gasteiger partial charge in [0.25, 0.3) is 0 Å². The van der Waals surface area contributed by atoms with Gasteiger partial charge in [0.1, 0.15) is 0 Å². The number of imidazole rings is 1. The summed E-state index contributed by atoms with van der Waals surface area (Å²) >= 11 is 15.9. The Balaban J connectivity index is 1.70. The highest BCUT2D eigenvalue weighted by atomic mass is 79.9. The van der Waals surface area contributed by atoms with E-state index in [-0.39, 0.29) is 12.2 Å².